The summed E-state index contributed by atoms with van der Waals surface area (Å²) in [6.45, 7) is 0. The fourth-order valence-corrected chi connectivity index (χ4v) is 1.29. The summed E-state index contributed by atoms with van der Waals surface area (Å²) in [7, 11) is 0. The highest BCUT2D eigenvalue weighted by molar-refractivity contribution is 6.17. The van der Waals surface area contributed by atoms with Crippen LogP contribution >= 0.6 is 11.6 Å². The van der Waals surface area contributed by atoms with Gasteiger partial charge in [-0.3, -0.25) is 0 Å². The molecule has 0 radical (unpaired) electrons. The van der Waals surface area contributed by atoms with Crippen LogP contribution in [0, 0.1) is 5.82 Å². The van der Waals surface area contributed by atoms with Gasteiger partial charge >= 0.3 is 12.3 Å². The molecule has 1 heterocycles. The van der Waals surface area contributed by atoms with Crippen molar-refractivity contribution in [3.8, 4) is 5.75 Å². The number of hydrogen-bond donors (Lipinski definition) is 1. The first-order valence-corrected chi connectivity index (χ1v) is 4.52. The number of aromatic carboxylic acids is 1. The van der Waals surface area contributed by atoms with Gasteiger partial charge in [-0.25, -0.2) is 14.2 Å². The van der Waals surface area contributed by atoms with E-state index in [1.807, 2.05) is 0 Å². The highest BCUT2D eigenvalue weighted by Gasteiger charge is 2.35. The number of rotatable bonds is 3. The predicted molar refractivity (Wildman–Crippen MR) is 47.4 cm³/mol. The van der Waals surface area contributed by atoms with E-state index in [2.05, 4.69) is 9.72 Å². The highest BCUT2D eigenvalue weighted by atomic mass is 35.5. The summed E-state index contributed by atoms with van der Waals surface area (Å²) >= 11 is 5.26. The number of alkyl halides is 4. The molecule has 0 aliphatic heterocycles. The second kappa shape index (κ2) is 4.74. The Hall–Kier alpha value is -1.57. The van der Waals surface area contributed by atoms with Crippen LogP contribution in [-0.2, 0) is 5.88 Å². The van der Waals surface area contributed by atoms with Crippen molar-refractivity contribution in [3.05, 3.63) is 23.3 Å². The van der Waals surface area contributed by atoms with E-state index in [9.17, 15) is 22.4 Å². The highest BCUT2D eigenvalue weighted by Crippen LogP contribution is 2.31. The molecule has 0 amide bonds. The van der Waals surface area contributed by atoms with Crippen molar-refractivity contribution in [3.63, 3.8) is 0 Å². The minimum atomic E-state index is -5.15. The molecule has 1 aromatic heterocycles. The molecule has 17 heavy (non-hydrogen) atoms. The number of carboxylic acid groups (broad SMARTS) is 1. The van der Waals surface area contributed by atoms with Gasteiger partial charge in [-0.15, -0.1) is 24.8 Å². The Kier molecular flexibility index (Phi) is 3.76. The van der Waals surface area contributed by atoms with Crippen molar-refractivity contribution >= 4 is 17.6 Å². The van der Waals surface area contributed by atoms with Crippen molar-refractivity contribution < 1.29 is 32.2 Å². The molecule has 0 aromatic carbocycles. The van der Waals surface area contributed by atoms with E-state index in [1.54, 1.807) is 0 Å². The van der Waals surface area contributed by atoms with Gasteiger partial charge in [-0.05, 0) is 0 Å². The lowest BCUT2D eigenvalue weighted by molar-refractivity contribution is -0.275. The minimum Gasteiger partial charge on any atom is -0.476 e. The number of carboxylic acids is 1. The smallest absolute Gasteiger partial charge is 0.476 e. The molecular formula is C8H4ClF4NO3. The van der Waals surface area contributed by atoms with Crippen LogP contribution in [0.5, 0.6) is 5.75 Å². The second-order valence-electron chi connectivity index (χ2n) is 2.75. The van der Waals surface area contributed by atoms with Gasteiger partial charge in [0.05, 0.1) is 12.1 Å². The average molecular weight is 274 g/mol. The summed E-state index contributed by atoms with van der Waals surface area (Å²) in [5.41, 5.74) is -1.46. The molecule has 4 nitrogen and oxygen atoms in total. The third-order valence-corrected chi connectivity index (χ3v) is 1.91. The van der Waals surface area contributed by atoms with E-state index in [0.717, 1.165) is 0 Å². The van der Waals surface area contributed by atoms with Crippen LogP contribution in [0.3, 0.4) is 0 Å². The van der Waals surface area contributed by atoms with Gasteiger partial charge in [0.2, 0.25) is 0 Å². The van der Waals surface area contributed by atoms with Crippen LogP contribution in [0.2, 0.25) is 0 Å². The molecule has 0 spiro atoms. The lowest BCUT2D eigenvalue weighted by Gasteiger charge is -2.13. The van der Waals surface area contributed by atoms with E-state index in [0.29, 0.717) is 6.20 Å². The number of hydrogen-bond acceptors (Lipinski definition) is 3. The van der Waals surface area contributed by atoms with E-state index < -0.39 is 41.0 Å². The monoisotopic (exact) mass is 273 g/mol. The first-order valence-electron chi connectivity index (χ1n) is 3.98. The van der Waals surface area contributed by atoms with Crippen molar-refractivity contribution in [1.82, 2.24) is 4.98 Å². The molecular weight excluding hydrogens is 270 g/mol. The molecule has 0 bridgehead atoms. The van der Waals surface area contributed by atoms with Crippen molar-refractivity contribution in [2.45, 2.75) is 12.2 Å². The van der Waals surface area contributed by atoms with E-state index in [-0.39, 0.29) is 0 Å². The molecule has 94 valence electrons. The molecule has 0 saturated carbocycles. The number of ether oxygens (including phenoxy) is 1. The average Bonchev–Trinajstić information content (AvgIpc) is 2.18. The zero-order chi connectivity index (χ0) is 13.2. The molecule has 0 unspecified atom stereocenters. The Morgan fingerprint density at radius 2 is 2.12 bits per heavy atom. The Labute approximate surface area is 96.8 Å². The molecule has 9 heteroatoms. The fraction of sp³-hybridized carbons (Fsp3) is 0.250. The van der Waals surface area contributed by atoms with Gasteiger partial charge in [0.1, 0.15) is 0 Å². The lowest BCUT2D eigenvalue weighted by Crippen LogP contribution is -2.20. The van der Waals surface area contributed by atoms with E-state index in [1.165, 1.54) is 0 Å². The van der Waals surface area contributed by atoms with Crippen LogP contribution in [0.1, 0.15) is 16.1 Å². The third kappa shape index (κ3) is 3.19. The first kappa shape index (κ1) is 13.5. The molecule has 0 aliphatic rings. The van der Waals surface area contributed by atoms with Gasteiger partial charge in [-0.1, -0.05) is 0 Å². The zero-order valence-electron chi connectivity index (χ0n) is 7.89. The van der Waals surface area contributed by atoms with Crippen molar-refractivity contribution in [1.29, 1.82) is 0 Å². The van der Waals surface area contributed by atoms with Crippen LogP contribution in [0.4, 0.5) is 17.6 Å². The topological polar surface area (TPSA) is 59.4 Å². The second-order valence-corrected chi connectivity index (χ2v) is 3.02. The Balaban J connectivity index is 3.35. The van der Waals surface area contributed by atoms with E-state index >= 15 is 0 Å². The Morgan fingerprint density at radius 3 is 2.53 bits per heavy atom. The number of halogens is 5. The van der Waals surface area contributed by atoms with Crippen LogP contribution in [-0.4, -0.2) is 22.4 Å². The predicted octanol–water partition coefficient (Wildman–Crippen LogP) is 2.56. The fourth-order valence-electron chi connectivity index (χ4n) is 1.04. The lowest BCUT2D eigenvalue weighted by atomic mass is 10.2. The Morgan fingerprint density at radius 1 is 1.53 bits per heavy atom. The van der Waals surface area contributed by atoms with Gasteiger partial charge < -0.3 is 9.84 Å². The maximum absolute atomic E-state index is 13.1. The van der Waals surface area contributed by atoms with E-state index in [4.69, 9.17) is 16.7 Å². The summed E-state index contributed by atoms with van der Waals surface area (Å²) < 4.78 is 52.4. The number of pyridine rings is 1. The molecule has 1 aromatic rings. The maximum Gasteiger partial charge on any atom is 0.573 e. The summed E-state index contributed by atoms with van der Waals surface area (Å²) in [5.74, 6) is -5.03. The normalized spacial score (nSPS) is 11.4. The number of nitrogens with zero attached hydrogens (tertiary/aromatic N) is 1. The summed E-state index contributed by atoms with van der Waals surface area (Å²) in [5, 5.41) is 8.63. The van der Waals surface area contributed by atoms with Gasteiger partial charge in [-0.2, -0.15) is 0 Å². The molecule has 0 fully saturated rings. The molecule has 1 rings (SSSR count). The van der Waals surface area contributed by atoms with Gasteiger partial charge in [0.25, 0.3) is 0 Å². The molecule has 0 saturated heterocycles. The maximum atomic E-state index is 13.1. The number of aromatic nitrogens is 1. The SMILES string of the molecule is O=C(O)c1ncc(F)c(OC(F)(F)F)c1CCl. The van der Waals surface area contributed by atoms with Crippen LogP contribution in [0.15, 0.2) is 6.20 Å². The standard InChI is InChI=1S/C8H4ClF4NO3/c9-1-3-5(7(15)16)14-2-4(10)6(3)17-8(11,12)13/h2H,1H2,(H,15,16). The first-order chi connectivity index (χ1) is 7.76. The number of carbonyl (C=O) groups is 1. The molecule has 0 atom stereocenters. The Bertz CT molecular complexity index is 449. The van der Waals surface area contributed by atoms with Crippen molar-refractivity contribution in [2.75, 3.05) is 0 Å². The van der Waals surface area contributed by atoms with Gasteiger partial charge in [0, 0.05) is 5.56 Å². The minimum absolute atomic E-state index is 0.320. The summed E-state index contributed by atoms with van der Waals surface area (Å²) in [4.78, 5) is 13.8. The largest absolute Gasteiger partial charge is 0.573 e. The zero-order valence-corrected chi connectivity index (χ0v) is 8.64. The molecule has 1 N–H and O–H groups in total. The summed E-state index contributed by atoms with van der Waals surface area (Å²) in [6, 6.07) is 0. The third-order valence-electron chi connectivity index (χ3n) is 1.64. The van der Waals surface area contributed by atoms with Crippen LogP contribution in [0.25, 0.3) is 0 Å². The molecule has 0 aliphatic carbocycles. The quantitative estimate of drug-likeness (QED) is 0.679. The van der Waals surface area contributed by atoms with Crippen molar-refractivity contribution in [2.24, 2.45) is 0 Å². The summed E-state index contributed by atoms with van der Waals surface area (Å²) in [6.07, 6.45) is -4.83. The van der Waals surface area contributed by atoms with Crippen LogP contribution < -0.4 is 4.74 Å². The van der Waals surface area contributed by atoms with Gasteiger partial charge in [0.15, 0.2) is 17.3 Å².